The Kier molecular flexibility index (Phi) is 5.92. The molecule has 0 saturated heterocycles. The summed E-state index contributed by atoms with van der Waals surface area (Å²) < 4.78 is 96.7. The third-order valence-electron chi connectivity index (χ3n) is 3.80. The second kappa shape index (κ2) is 8.27. The van der Waals surface area contributed by atoms with Gasteiger partial charge in [0.1, 0.15) is 34.7 Å². The Morgan fingerprint density at radius 1 is 0.967 bits per heavy atom. The van der Waals surface area contributed by atoms with E-state index in [0.717, 1.165) is 30.3 Å². The van der Waals surface area contributed by atoms with Gasteiger partial charge < -0.3 is 4.74 Å². The SMILES string of the molecule is O=S(=O)(Nc1cccc(COc2ccc(C(F)(F)F)cc2)n1)c1cc(F)ccc1F. The fourth-order valence-electron chi connectivity index (χ4n) is 2.39. The van der Waals surface area contributed by atoms with Crippen LogP contribution in [0.5, 0.6) is 5.75 Å². The van der Waals surface area contributed by atoms with Gasteiger partial charge in [0.15, 0.2) is 0 Å². The van der Waals surface area contributed by atoms with Gasteiger partial charge in [-0.2, -0.15) is 13.2 Å². The number of hydrogen-bond donors (Lipinski definition) is 1. The molecule has 0 aliphatic heterocycles. The van der Waals surface area contributed by atoms with Gasteiger partial charge >= 0.3 is 6.18 Å². The van der Waals surface area contributed by atoms with Gasteiger partial charge in [-0.25, -0.2) is 22.2 Å². The summed E-state index contributed by atoms with van der Waals surface area (Å²) in [5, 5.41) is 0. The number of rotatable bonds is 6. The summed E-state index contributed by atoms with van der Waals surface area (Å²) in [6.07, 6.45) is -4.47. The number of aromatic nitrogens is 1. The van der Waals surface area contributed by atoms with E-state index < -0.39 is 38.3 Å². The molecule has 0 aliphatic carbocycles. The smallest absolute Gasteiger partial charge is 0.416 e. The highest BCUT2D eigenvalue weighted by molar-refractivity contribution is 7.92. The van der Waals surface area contributed by atoms with Crippen molar-refractivity contribution in [2.75, 3.05) is 4.72 Å². The van der Waals surface area contributed by atoms with E-state index in [4.69, 9.17) is 4.74 Å². The highest BCUT2D eigenvalue weighted by Crippen LogP contribution is 2.30. The molecule has 2 aromatic carbocycles. The summed E-state index contributed by atoms with van der Waals surface area (Å²) >= 11 is 0. The quantitative estimate of drug-likeness (QED) is 0.557. The molecule has 0 bridgehead atoms. The molecule has 0 spiro atoms. The fourth-order valence-corrected chi connectivity index (χ4v) is 3.48. The largest absolute Gasteiger partial charge is 0.487 e. The van der Waals surface area contributed by atoms with Crippen LogP contribution in [0.1, 0.15) is 11.3 Å². The Balaban J connectivity index is 1.71. The lowest BCUT2D eigenvalue weighted by atomic mass is 10.2. The first-order valence-corrected chi connectivity index (χ1v) is 9.77. The summed E-state index contributed by atoms with van der Waals surface area (Å²) in [6, 6.07) is 10.2. The summed E-state index contributed by atoms with van der Waals surface area (Å²) in [5.74, 6) is -2.08. The van der Waals surface area contributed by atoms with Crippen molar-refractivity contribution in [2.45, 2.75) is 17.7 Å². The maximum absolute atomic E-state index is 13.8. The number of nitrogens with zero attached hydrogens (tertiary/aromatic N) is 1. The average Bonchev–Trinajstić information content (AvgIpc) is 2.68. The van der Waals surface area contributed by atoms with Crippen LogP contribution in [0.4, 0.5) is 27.8 Å². The van der Waals surface area contributed by atoms with E-state index >= 15 is 0 Å². The molecule has 3 aromatic rings. The predicted molar refractivity (Wildman–Crippen MR) is 97.2 cm³/mol. The molecule has 0 fully saturated rings. The minimum Gasteiger partial charge on any atom is -0.487 e. The maximum atomic E-state index is 13.8. The number of alkyl halides is 3. The van der Waals surface area contributed by atoms with Crippen molar-refractivity contribution in [1.29, 1.82) is 0 Å². The Bertz CT molecular complexity index is 1150. The normalized spacial score (nSPS) is 11.9. The molecule has 158 valence electrons. The first-order chi connectivity index (χ1) is 14.0. The molecule has 11 heteroatoms. The van der Waals surface area contributed by atoms with E-state index in [9.17, 15) is 30.4 Å². The van der Waals surface area contributed by atoms with Crippen LogP contribution >= 0.6 is 0 Å². The maximum Gasteiger partial charge on any atom is 0.416 e. The van der Waals surface area contributed by atoms with E-state index in [-0.39, 0.29) is 23.9 Å². The molecule has 5 nitrogen and oxygen atoms in total. The standard InChI is InChI=1S/C19H13F5N2O3S/c20-13-6-9-16(21)17(10-13)30(27,28)26-18-3-1-2-14(25-18)11-29-15-7-4-12(5-8-15)19(22,23)24/h1-10H,11H2,(H,25,26). The molecule has 3 rings (SSSR count). The zero-order chi connectivity index (χ0) is 21.9. The van der Waals surface area contributed by atoms with Gasteiger partial charge in [0.25, 0.3) is 10.0 Å². The number of nitrogens with one attached hydrogen (secondary N) is 1. The molecule has 30 heavy (non-hydrogen) atoms. The molecule has 1 N–H and O–H groups in total. The fraction of sp³-hybridized carbons (Fsp3) is 0.105. The van der Waals surface area contributed by atoms with Crippen molar-refractivity contribution >= 4 is 15.8 Å². The zero-order valence-corrected chi connectivity index (χ0v) is 15.8. The summed E-state index contributed by atoms with van der Waals surface area (Å²) in [7, 11) is -4.44. The Morgan fingerprint density at radius 3 is 2.33 bits per heavy atom. The molecule has 0 saturated carbocycles. The molecular formula is C19H13F5N2O3S. The average molecular weight is 444 g/mol. The van der Waals surface area contributed by atoms with Gasteiger partial charge in [-0.1, -0.05) is 6.07 Å². The van der Waals surface area contributed by atoms with E-state index in [1.54, 1.807) is 0 Å². The van der Waals surface area contributed by atoms with Crippen molar-refractivity contribution in [3.05, 3.63) is 83.6 Å². The number of ether oxygens (including phenoxy) is 1. The first kappa shape index (κ1) is 21.5. The van der Waals surface area contributed by atoms with Crippen LogP contribution in [0.2, 0.25) is 0 Å². The zero-order valence-electron chi connectivity index (χ0n) is 15.0. The first-order valence-electron chi connectivity index (χ1n) is 8.28. The molecular weight excluding hydrogens is 431 g/mol. The minimum absolute atomic E-state index is 0.151. The number of hydrogen-bond acceptors (Lipinski definition) is 4. The van der Waals surface area contributed by atoms with Crippen molar-refractivity contribution in [3.8, 4) is 5.75 Å². The highest BCUT2D eigenvalue weighted by Gasteiger charge is 2.30. The second-order valence-corrected chi connectivity index (χ2v) is 7.66. The molecule has 0 aliphatic rings. The number of benzene rings is 2. The van der Waals surface area contributed by atoms with Gasteiger partial charge in [-0.15, -0.1) is 0 Å². The molecule has 0 amide bonds. The summed E-state index contributed by atoms with van der Waals surface area (Å²) in [5.41, 5.74) is -0.580. The topological polar surface area (TPSA) is 68.3 Å². The third-order valence-corrected chi connectivity index (χ3v) is 5.17. The van der Waals surface area contributed by atoms with E-state index in [1.165, 1.54) is 18.2 Å². The lowest BCUT2D eigenvalue weighted by molar-refractivity contribution is -0.137. The van der Waals surface area contributed by atoms with Crippen LogP contribution < -0.4 is 9.46 Å². The van der Waals surface area contributed by atoms with Crippen LogP contribution in [0.25, 0.3) is 0 Å². The van der Waals surface area contributed by atoms with Crippen molar-refractivity contribution in [1.82, 2.24) is 4.98 Å². The monoisotopic (exact) mass is 444 g/mol. The molecule has 0 unspecified atom stereocenters. The highest BCUT2D eigenvalue weighted by atomic mass is 32.2. The van der Waals surface area contributed by atoms with Crippen LogP contribution in [-0.2, 0) is 22.8 Å². The van der Waals surface area contributed by atoms with Gasteiger partial charge in [-0.3, -0.25) is 4.72 Å². The molecule has 0 atom stereocenters. The lowest BCUT2D eigenvalue weighted by Gasteiger charge is -2.11. The van der Waals surface area contributed by atoms with Gasteiger partial charge in [0, 0.05) is 0 Å². The number of anilines is 1. The summed E-state index contributed by atoms with van der Waals surface area (Å²) in [4.78, 5) is 3.12. The van der Waals surface area contributed by atoms with Crippen molar-refractivity contribution in [2.24, 2.45) is 0 Å². The van der Waals surface area contributed by atoms with E-state index in [1.807, 2.05) is 4.72 Å². The lowest BCUT2D eigenvalue weighted by Crippen LogP contribution is -2.16. The van der Waals surface area contributed by atoms with Crippen LogP contribution in [0, 0.1) is 11.6 Å². The molecule has 1 heterocycles. The number of sulfonamides is 1. The predicted octanol–water partition coefficient (Wildman–Crippen LogP) is 4.76. The number of pyridine rings is 1. The summed E-state index contributed by atoms with van der Waals surface area (Å²) in [6.45, 7) is -0.171. The Hall–Kier alpha value is -3.21. The third kappa shape index (κ3) is 5.23. The van der Waals surface area contributed by atoms with E-state index in [2.05, 4.69) is 4.98 Å². The van der Waals surface area contributed by atoms with Crippen LogP contribution in [-0.4, -0.2) is 13.4 Å². The number of halogens is 5. The second-order valence-electron chi connectivity index (χ2n) is 6.01. The molecule has 0 radical (unpaired) electrons. The van der Waals surface area contributed by atoms with Gasteiger partial charge in [-0.05, 0) is 54.6 Å². The van der Waals surface area contributed by atoms with Crippen LogP contribution in [0.3, 0.4) is 0 Å². The van der Waals surface area contributed by atoms with Crippen molar-refractivity contribution in [3.63, 3.8) is 0 Å². The van der Waals surface area contributed by atoms with E-state index in [0.29, 0.717) is 12.1 Å². The van der Waals surface area contributed by atoms with Gasteiger partial charge in [0.05, 0.1) is 11.3 Å². The van der Waals surface area contributed by atoms with Gasteiger partial charge in [0.2, 0.25) is 0 Å². The molecule has 1 aromatic heterocycles. The minimum atomic E-state index is -4.47. The Labute approximate surface area is 168 Å². The Morgan fingerprint density at radius 2 is 1.67 bits per heavy atom. The van der Waals surface area contributed by atoms with Crippen LogP contribution in [0.15, 0.2) is 65.6 Å². The van der Waals surface area contributed by atoms with Crippen molar-refractivity contribution < 1.29 is 35.1 Å².